The number of hydrogen-bond acceptors (Lipinski definition) is 2. The van der Waals surface area contributed by atoms with Gasteiger partial charge in [0.1, 0.15) is 5.82 Å². The summed E-state index contributed by atoms with van der Waals surface area (Å²) >= 11 is 0. The van der Waals surface area contributed by atoms with Gasteiger partial charge in [0.15, 0.2) is 0 Å². The second-order valence-electron chi connectivity index (χ2n) is 6.57. The summed E-state index contributed by atoms with van der Waals surface area (Å²) in [6.07, 6.45) is 0. The van der Waals surface area contributed by atoms with E-state index in [4.69, 9.17) is 0 Å². The van der Waals surface area contributed by atoms with Crippen LogP contribution in [0, 0.1) is 12.7 Å². The van der Waals surface area contributed by atoms with Gasteiger partial charge in [-0.2, -0.15) is 0 Å². The topological polar surface area (TPSA) is 23.5 Å². The highest BCUT2D eigenvalue weighted by molar-refractivity contribution is 5.22. The largest absolute Gasteiger partial charge is 0.389 e. The van der Waals surface area contributed by atoms with E-state index < -0.39 is 5.60 Å². The van der Waals surface area contributed by atoms with E-state index in [1.54, 1.807) is 26.0 Å². The van der Waals surface area contributed by atoms with E-state index in [1.165, 1.54) is 23.3 Å². The van der Waals surface area contributed by atoms with Crippen LogP contribution in [0.5, 0.6) is 0 Å². The van der Waals surface area contributed by atoms with Crippen molar-refractivity contribution in [1.29, 1.82) is 0 Å². The molecule has 0 saturated heterocycles. The lowest BCUT2D eigenvalue weighted by Crippen LogP contribution is -2.37. The van der Waals surface area contributed by atoms with Gasteiger partial charge in [-0.25, -0.2) is 4.39 Å². The normalized spacial score (nSPS) is 11.9. The zero-order valence-corrected chi connectivity index (χ0v) is 13.5. The van der Waals surface area contributed by atoms with Gasteiger partial charge in [0.2, 0.25) is 0 Å². The molecular weight excluding hydrogens is 277 g/mol. The summed E-state index contributed by atoms with van der Waals surface area (Å²) < 4.78 is 13.0. The Morgan fingerprint density at radius 2 is 1.36 bits per heavy atom. The summed E-state index contributed by atoms with van der Waals surface area (Å²) in [5.41, 5.74) is 2.70. The van der Waals surface area contributed by atoms with Gasteiger partial charge in [-0.1, -0.05) is 42.0 Å². The first-order valence-electron chi connectivity index (χ1n) is 7.56. The average molecular weight is 301 g/mol. The van der Waals surface area contributed by atoms with Crippen molar-refractivity contribution in [3.05, 3.63) is 71.0 Å². The highest BCUT2D eigenvalue weighted by atomic mass is 19.1. The van der Waals surface area contributed by atoms with Gasteiger partial charge in [-0.3, -0.25) is 4.90 Å². The first kappa shape index (κ1) is 16.7. The van der Waals surface area contributed by atoms with Gasteiger partial charge in [0.25, 0.3) is 0 Å². The minimum Gasteiger partial charge on any atom is -0.389 e. The van der Waals surface area contributed by atoms with Crippen molar-refractivity contribution in [2.45, 2.75) is 39.5 Å². The molecule has 2 aromatic rings. The van der Waals surface area contributed by atoms with Gasteiger partial charge in [0.05, 0.1) is 5.60 Å². The molecule has 0 amide bonds. The van der Waals surface area contributed by atoms with Crippen LogP contribution in [-0.2, 0) is 13.1 Å². The molecule has 0 atom stereocenters. The fraction of sp³-hybridized carbons (Fsp3) is 0.368. The molecule has 118 valence electrons. The van der Waals surface area contributed by atoms with Crippen LogP contribution in [0.25, 0.3) is 0 Å². The van der Waals surface area contributed by atoms with Crippen molar-refractivity contribution in [2.75, 3.05) is 6.54 Å². The van der Waals surface area contributed by atoms with Gasteiger partial charge >= 0.3 is 0 Å². The lowest BCUT2D eigenvalue weighted by molar-refractivity contribution is 0.0306. The number of halogens is 1. The maximum absolute atomic E-state index is 13.0. The Kier molecular flexibility index (Phi) is 5.33. The predicted octanol–water partition coefficient (Wildman–Crippen LogP) is 3.91. The molecule has 2 nitrogen and oxygen atoms in total. The van der Waals surface area contributed by atoms with E-state index in [0.717, 1.165) is 12.1 Å². The molecule has 0 heterocycles. The Morgan fingerprint density at radius 3 is 1.82 bits per heavy atom. The Morgan fingerprint density at radius 1 is 0.909 bits per heavy atom. The summed E-state index contributed by atoms with van der Waals surface area (Å²) in [6.45, 7) is 7.66. The third-order valence-electron chi connectivity index (χ3n) is 3.46. The lowest BCUT2D eigenvalue weighted by atomic mass is 10.1. The van der Waals surface area contributed by atoms with E-state index in [2.05, 4.69) is 36.1 Å². The fourth-order valence-corrected chi connectivity index (χ4v) is 2.51. The average Bonchev–Trinajstić information content (AvgIpc) is 2.42. The van der Waals surface area contributed by atoms with Gasteiger partial charge in [-0.05, 0) is 44.0 Å². The summed E-state index contributed by atoms with van der Waals surface area (Å²) in [7, 11) is 0. The maximum atomic E-state index is 13.0. The Balaban J connectivity index is 2.11. The molecule has 0 spiro atoms. The predicted molar refractivity (Wildman–Crippen MR) is 88.0 cm³/mol. The highest BCUT2D eigenvalue weighted by Crippen LogP contribution is 2.15. The number of rotatable bonds is 6. The molecule has 3 heteroatoms. The number of hydrogen-bond donors (Lipinski definition) is 1. The number of nitrogens with zero attached hydrogens (tertiary/aromatic N) is 1. The molecule has 0 radical (unpaired) electrons. The van der Waals surface area contributed by atoms with Gasteiger partial charge in [-0.15, -0.1) is 0 Å². The van der Waals surface area contributed by atoms with E-state index in [9.17, 15) is 9.50 Å². The molecule has 22 heavy (non-hydrogen) atoms. The number of aliphatic hydroxyl groups is 1. The van der Waals surface area contributed by atoms with Crippen LogP contribution in [0.4, 0.5) is 4.39 Å². The monoisotopic (exact) mass is 301 g/mol. The number of benzene rings is 2. The van der Waals surface area contributed by atoms with E-state index in [-0.39, 0.29) is 5.82 Å². The SMILES string of the molecule is Cc1ccc(CN(Cc2ccc(F)cc2)CC(C)(C)O)cc1. The first-order valence-corrected chi connectivity index (χ1v) is 7.56. The summed E-state index contributed by atoms with van der Waals surface area (Å²) in [5.74, 6) is -0.226. The van der Waals surface area contributed by atoms with Crippen molar-refractivity contribution >= 4 is 0 Å². The number of aryl methyl sites for hydroxylation is 1. The van der Waals surface area contributed by atoms with Gasteiger partial charge in [0, 0.05) is 19.6 Å². The molecule has 0 fully saturated rings. The molecule has 2 rings (SSSR count). The minimum absolute atomic E-state index is 0.226. The molecule has 0 aliphatic carbocycles. The van der Waals surface area contributed by atoms with Gasteiger partial charge < -0.3 is 5.11 Å². The highest BCUT2D eigenvalue weighted by Gasteiger charge is 2.18. The smallest absolute Gasteiger partial charge is 0.123 e. The van der Waals surface area contributed by atoms with Crippen LogP contribution in [0.3, 0.4) is 0 Å². The Labute approximate surface area is 132 Å². The second-order valence-corrected chi connectivity index (χ2v) is 6.57. The van der Waals surface area contributed by atoms with Crippen molar-refractivity contribution in [2.24, 2.45) is 0 Å². The Hall–Kier alpha value is -1.71. The molecule has 0 saturated carbocycles. The van der Waals surface area contributed by atoms with Crippen LogP contribution in [-0.4, -0.2) is 22.2 Å². The maximum Gasteiger partial charge on any atom is 0.123 e. The van der Waals surface area contributed by atoms with Crippen molar-refractivity contribution in [3.8, 4) is 0 Å². The second kappa shape index (κ2) is 7.03. The zero-order valence-electron chi connectivity index (χ0n) is 13.5. The molecule has 0 aliphatic heterocycles. The van der Waals surface area contributed by atoms with Crippen LogP contribution in [0.1, 0.15) is 30.5 Å². The standard InChI is InChI=1S/C19H24FNO/c1-15-4-6-16(7-5-15)12-21(14-19(2,3)22)13-17-8-10-18(20)11-9-17/h4-11,22H,12-14H2,1-3H3. The lowest BCUT2D eigenvalue weighted by Gasteiger charge is -2.29. The molecular formula is C19H24FNO. The fourth-order valence-electron chi connectivity index (χ4n) is 2.51. The summed E-state index contributed by atoms with van der Waals surface area (Å²) in [6, 6.07) is 14.9. The Bertz CT molecular complexity index is 537. The quantitative estimate of drug-likeness (QED) is 0.874. The first-order chi connectivity index (χ1) is 10.3. The van der Waals surface area contributed by atoms with Crippen LogP contribution in [0.15, 0.2) is 48.5 Å². The van der Waals surface area contributed by atoms with Crippen molar-refractivity contribution in [3.63, 3.8) is 0 Å². The summed E-state index contributed by atoms with van der Waals surface area (Å²) in [4.78, 5) is 2.18. The van der Waals surface area contributed by atoms with Crippen LogP contribution < -0.4 is 0 Å². The third-order valence-corrected chi connectivity index (χ3v) is 3.46. The van der Waals surface area contributed by atoms with E-state index in [0.29, 0.717) is 13.1 Å². The van der Waals surface area contributed by atoms with Crippen LogP contribution in [0.2, 0.25) is 0 Å². The van der Waals surface area contributed by atoms with Crippen LogP contribution >= 0.6 is 0 Å². The molecule has 2 aromatic carbocycles. The van der Waals surface area contributed by atoms with E-state index >= 15 is 0 Å². The molecule has 0 unspecified atom stereocenters. The molecule has 0 aromatic heterocycles. The molecule has 0 bridgehead atoms. The summed E-state index contributed by atoms with van der Waals surface area (Å²) in [5, 5.41) is 10.1. The minimum atomic E-state index is -0.773. The molecule has 0 aliphatic rings. The van der Waals surface area contributed by atoms with Crippen molar-refractivity contribution < 1.29 is 9.50 Å². The van der Waals surface area contributed by atoms with E-state index in [1.807, 2.05) is 0 Å². The zero-order chi connectivity index (χ0) is 16.2. The van der Waals surface area contributed by atoms with Crippen molar-refractivity contribution in [1.82, 2.24) is 4.90 Å². The molecule has 1 N–H and O–H groups in total. The third kappa shape index (κ3) is 5.58.